The lowest BCUT2D eigenvalue weighted by molar-refractivity contribution is -0.275. The number of halogens is 5. The molecule has 13 heteroatoms. The number of carbonyl (C=O) groups excluding carboxylic acids is 2. The predicted molar refractivity (Wildman–Crippen MR) is 129 cm³/mol. The van der Waals surface area contributed by atoms with Crippen molar-refractivity contribution in [1.82, 2.24) is 9.97 Å². The minimum absolute atomic E-state index is 0.0258. The molecule has 0 aliphatic carbocycles. The average molecular weight is 553 g/mol. The van der Waals surface area contributed by atoms with Crippen molar-refractivity contribution < 1.29 is 32.3 Å². The Morgan fingerprint density at radius 1 is 1.11 bits per heavy atom. The highest BCUT2D eigenvalue weighted by Gasteiger charge is 2.62. The maximum atomic E-state index is 14.1. The summed E-state index contributed by atoms with van der Waals surface area (Å²) in [6.45, 7) is 0. The summed E-state index contributed by atoms with van der Waals surface area (Å²) in [5.74, 6) is -0.556. The van der Waals surface area contributed by atoms with Gasteiger partial charge in [0.15, 0.2) is 0 Å². The Bertz CT molecular complexity index is 1360. The molecule has 0 radical (unpaired) electrons. The number of rotatable bonds is 6. The summed E-state index contributed by atoms with van der Waals surface area (Å²) in [5, 5.41) is 6.07. The van der Waals surface area contributed by atoms with Gasteiger partial charge in [0.2, 0.25) is 11.7 Å². The van der Waals surface area contributed by atoms with E-state index in [1.807, 2.05) is 0 Å². The molecule has 1 amide bonds. The molecule has 2 heterocycles. The lowest BCUT2D eigenvalue weighted by Crippen LogP contribution is -2.42. The van der Waals surface area contributed by atoms with E-state index in [0.29, 0.717) is 5.56 Å². The number of hydrogen-bond donors (Lipinski definition) is 1. The Balaban J connectivity index is 1.49. The molecule has 1 aromatic heterocycles. The van der Waals surface area contributed by atoms with E-state index >= 15 is 0 Å². The Morgan fingerprint density at radius 2 is 1.78 bits per heavy atom. The molecule has 1 unspecified atom stereocenters. The number of amides is 1. The van der Waals surface area contributed by atoms with Gasteiger partial charge >= 0.3 is 12.3 Å². The van der Waals surface area contributed by atoms with E-state index in [1.165, 1.54) is 37.6 Å². The first kappa shape index (κ1) is 26.4. The van der Waals surface area contributed by atoms with Crippen LogP contribution in [0.1, 0.15) is 33.6 Å². The summed E-state index contributed by atoms with van der Waals surface area (Å²) in [5.41, 5.74) is -1.90. The van der Waals surface area contributed by atoms with Gasteiger partial charge in [-0.05, 0) is 29.8 Å². The SMILES string of the molecule is COC(=O)Nc1nccc(C(=O)c2ccc(CC3=NOC(c4cc(Cl)cc(Cl)c4)(C(F)(F)F)C3)cc2)n1. The number of anilines is 1. The van der Waals surface area contributed by atoms with E-state index in [-0.39, 0.29) is 44.9 Å². The highest BCUT2D eigenvalue weighted by molar-refractivity contribution is 6.34. The summed E-state index contributed by atoms with van der Waals surface area (Å²) < 4.78 is 46.9. The highest BCUT2D eigenvalue weighted by Crippen LogP contribution is 2.49. The Kier molecular flexibility index (Phi) is 7.37. The van der Waals surface area contributed by atoms with E-state index in [2.05, 4.69) is 25.2 Å². The van der Waals surface area contributed by atoms with Crippen LogP contribution in [0.2, 0.25) is 10.0 Å². The van der Waals surface area contributed by atoms with Crippen LogP contribution < -0.4 is 5.32 Å². The fourth-order valence-corrected chi connectivity index (χ4v) is 4.22. The summed E-state index contributed by atoms with van der Waals surface area (Å²) in [4.78, 5) is 36.9. The van der Waals surface area contributed by atoms with Crippen LogP contribution >= 0.6 is 23.2 Å². The first-order chi connectivity index (χ1) is 17.5. The van der Waals surface area contributed by atoms with Crippen molar-refractivity contribution in [3.8, 4) is 0 Å². The number of aromatic nitrogens is 2. The second-order valence-electron chi connectivity index (χ2n) is 7.99. The molecule has 0 saturated carbocycles. The van der Waals surface area contributed by atoms with Gasteiger partial charge in [0.25, 0.3) is 5.60 Å². The summed E-state index contributed by atoms with van der Waals surface area (Å²) in [6.07, 6.45) is -4.77. The van der Waals surface area contributed by atoms with Crippen molar-refractivity contribution in [3.05, 3.63) is 87.2 Å². The van der Waals surface area contributed by atoms with Crippen LogP contribution in [-0.4, -0.2) is 40.8 Å². The maximum absolute atomic E-state index is 14.1. The Hall–Kier alpha value is -3.70. The first-order valence-electron chi connectivity index (χ1n) is 10.6. The number of nitrogens with zero attached hydrogens (tertiary/aromatic N) is 3. The van der Waals surface area contributed by atoms with Crippen molar-refractivity contribution in [1.29, 1.82) is 0 Å². The van der Waals surface area contributed by atoms with Crippen molar-refractivity contribution in [3.63, 3.8) is 0 Å². The van der Waals surface area contributed by atoms with Crippen LogP contribution in [0.4, 0.5) is 23.9 Å². The largest absolute Gasteiger partial charge is 0.453 e. The molecular formula is C24H17Cl2F3N4O4. The fourth-order valence-electron chi connectivity index (χ4n) is 3.69. The molecule has 1 aliphatic heterocycles. The molecule has 1 N–H and O–H groups in total. The number of carbonyl (C=O) groups is 2. The summed E-state index contributed by atoms with van der Waals surface area (Å²) in [7, 11) is 1.17. The van der Waals surface area contributed by atoms with E-state index in [1.54, 1.807) is 12.1 Å². The van der Waals surface area contributed by atoms with E-state index in [0.717, 1.165) is 12.1 Å². The molecule has 0 bridgehead atoms. The molecule has 1 aliphatic rings. The minimum atomic E-state index is -4.79. The van der Waals surface area contributed by atoms with Crippen molar-refractivity contribution >= 4 is 46.7 Å². The molecule has 0 fully saturated rings. The van der Waals surface area contributed by atoms with Crippen LogP contribution in [0.15, 0.2) is 59.9 Å². The number of methoxy groups -OCH3 is 1. The number of hydrogen-bond acceptors (Lipinski definition) is 7. The summed E-state index contributed by atoms with van der Waals surface area (Å²) in [6, 6.07) is 11.2. The normalized spacial score (nSPS) is 17.1. The smallest absolute Gasteiger partial charge is 0.435 e. The number of ketones is 1. The lowest BCUT2D eigenvalue weighted by Gasteiger charge is -2.29. The monoisotopic (exact) mass is 552 g/mol. The van der Waals surface area contributed by atoms with Crippen LogP contribution in [-0.2, 0) is 21.6 Å². The fraction of sp³-hybridized carbons (Fsp3) is 0.208. The molecule has 1 atom stereocenters. The number of nitrogens with one attached hydrogen (secondary N) is 1. The van der Waals surface area contributed by atoms with Gasteiger partial charge in [-0.1, -0.05) is 52.6 Å². The van der Waals surface area contributed by atoms with Gasteiger partial charge in [-0.3, -0.25) is 10.1 Å². The molecule has 4 rings (SSSR count). The summed E-state index contributed by atoms with van der Waals surface area (Å²) >= 11 is 11.8. The zero-order chi connectivity index (χ0) is 26.8. The minimum Gasteiger partial charge on any atom is -0.453 e. The van der Waals surface area contributed by atoms with Crippen molar-refractivity contribution in [2.75, 3.05) is 12.4 Å². The molecular weight excluding hydrogens is 536 g/mol. The van der Waals surface area contributed by atoms with E-state index in [9.17, 15) is 22.8 Å². The number of ether oxygens (including phenoxy) is 1. The van der Waals surface area contributed by atoms with Crippen LogP contribution in [0, 0.1) is 0 Å². The van der Waals surface area contributed by atoms with Gasteiger partial charge in [0.05, 0.1) is 12.8 Å². The van der Waals surface area contributed by atoms with Gasteiger partial charge < -0.3 is 9.57 Å². The van der Waals surface area contributed by atoms with Gasteiger partial charge in [0.1, 0.15) is 5.69 Å². The third-order valence-corrected chi connectivity index (χ3v) is 5.92. The molecule has 2 aromatic carbocycles. The van der Waals surface area contributed by atoms with Gasteiger partial charge in [0, 0.05) is 40.2 Å². The topological polar surface area (TPSA) is 103 Å². The third-order valence-electron chi connectivity index (χ3n) is 5.48. The second-order valence-corrected chi connectivity index (χ2v) is 8.87. The van der Waals surface area contributed by atoms with Gasteiger partial charge in [-0.15, -0.1) is 0 Å². The zero-order valence-corrected chi connectivity index (χ0v) is 20.5. The second kappa shape index (κ2) is 10.3. The standard InChI is InChI=1S/C24H17Cl2F3N4O4/c1-36-22(35)32-21-30-7-6-19(31-21)20(34)14-4-2-13(3-5-14)8-18-12-23(37-33-18,24(27,28)29)15-9-16(25)11-17(26)10-15/h2-7,9-11H,8,12H2,1H3,(H,30,31,32,35). The molecule has 8 nitrogen and oxygen atoms in total. The van der Waals surface area contributed by atoms with E-state index in [4.69, 9.17) is 28.0 Å². The third kappa shape index (κ3) is 5.67. The lowest BCUT2D eigenvalue weighted by atomic mass is 9.86. The maximum Gasteiger partial charge on any atom is 0.435 e. The van der Waals surface area contributed by atoms with E-state index < -0.39 is 30.1 Å². The molecule has 0 spiro atoms. The quantitative estimate of drug-likeness (QED) is 0.378. The molecule has 37 heavy (non-hydrogen) atoms. The first-order valence-corrected chi connectivity index (χ1v) is 11.4. The number of oxime groups is 1. The Morgan fingerprint density at radius 3 is 2.41 bits per heavy atom. The van der Waals surface area contributed by atoms with Crippen molar-refractivity contribution in [2.24, 2.45) is 5.16 Å². The number of alkyl halides is 3. The van der Waals surface area contributed by atoms with Gasteiger partial charge in [-0.25, -0.2) is 14.8 Å². The van der Waals surface area contributed by atoms with Gasteiger partial charge in [-0.2, -0.15) is 13.2 Å². The highest BCUT2D eigenvalue weighted by atomic mass is 35.5. The van der Waals surface area contributed by atoms with Crippen molar-refractivity contribution in [2.45, 2.75) is 24.6 Å². The van der Waals surface area contributed by atoms with Crippen LogP contribution in [0.25, 0.3) is 0 Å². The average Bonchev–Trinajstić information content (AvgIpc) is 3.29. The molecule has 192 valence electrons. The predicted octanol–water partition coefficient (Wildman–Crippen LogP) is 5.97. The number of benzene rings is 2. The zero-order valence-electron chi connectivity index (χ0n) is 19.0. The molecule has 3 aromatic rings. The Labute approximate surface area is 218 Å². The van der Waals surface area contributed by atoms with Crippen LogP contribution in [0.5, 0.6) is 0 Å². The molecule has 0 saturated heterocycles. The van der Waals surface area contributed by atoms with Crippen LogP contribution in [0.3, 0.4) is 0 Å².